The standard InChI is InChI=1S/C9H16N2O3S/c1-14-8-3-2-7(4-5-10)6-9(8)15(11,12)13/h2-3,6,12-13H,4-5,10-11H2,1H3. The molecule has 86 valence electrons. The predicted octanol–water partition coefficient (Wildman–Crippen LogP) is 1.18. The lowest BCUT2D eigenvalue weighted by atomic mass is 10.1. The third kappa shape index (κ3) is 3.08. The average molecular weight is 232 g/mol. The second kappa shape index (κ2) is 4.82. The second-order valence-corrected chi connectivity index (χ2v) is 4.74. The van der Waals surface area contributed by atoms with Crippen molar-refractivity contribution in [3.63, 3.8) is 0 Å². The van der Waals surface area contributed by atoms with Crippen LogP contribution in [0.15, 0.2) is 23.1 Å². The Morgan fingerprint density at radius 1 is 1.40 bits per heavy atom. The van der Waals surface area contributed by atoms with Gasteiger partial charge in [-0.25, -0.2) is 5.14 Å². The number of hydrogen-bond acceptors (Lipinski definition) is 5. The molecule has 0 aliphatic rings. The molecule has 0 atom stereocenters. The van der Waals surface area contributed by atoms with E-state index in [2.05, 4.69) is 0 Å². The summed E-state index contributed by atoms with van der Waals surface area (Å²) in [5, 5.41) is 5.28. The first-order valence-corrected chi connectivity index (χ1v) is 6.03. The smallest absolute Gasteiger partial charge is 0.143 e. The van der Waals surface area contributed by atoms with Crippen LogP contribution in [0.3, 0.4) is 0 Å². The van der Waals surface area contributed by atoms with Gasteiger partial charge in [-0.05, 0) is 30.7 Å². The summed E-state index contributed by atoms with van der Waals surface area (Å²) in [6.07, 6.45) is 0.659. The van der Waals surface area contributed by atoms with E-state index in [1.165, 1.54) is 7.11 Å². The molecule has 0 spiro atoms. The van der Waals surface area contributed by atoms with E-state index < -0.39 is 10.8 Å². The molecule has 0 saturated carbocycles. The van der Waals surface area contributed by atoms with E-state index in [9.17, 15) is 9.11 Å². The zero-order valence-electron chi connectivity index (χ0n) is 8.51. The van der Waals surface area contributed by atoms with Crippen LogP contribution in [0.1, 0.15) is 5.56 Å². The highest BCUT2D eigenvalue weighted by Crippen LogP contribution is 2.45. The minimum atomic E-state index is -3.25. The van der Waals surface area contributed by atoms with E-state index in [1.807, 2.05) is 6.07 Å². The Balaban J connectivity index is 3.13. The van der Waals surface area contributed by atoms with Gasteiger partial charge in [0.1, 0.15) is 10.6 Å². The Kier molecular flexibility index (Phi) is 3.95. The molecule has 0 heterocycles. The van der Waals surface area contributed by atoms with Gasteiger partial charge in [-0.1, -0.05) is 6.07 Å². The second-order valence-electron chi connectivity index (χ2n) is 3.12. The van der Waals surface area contributed by atoms with Gasteiger partial charge >= 0.3 is 0 Å². The van der Waals surface area contributed by atoms with Crippen molar-refractivity contribution >= 4 is 10.8 Å². The van der Waals surface area contributed by atoms with Gasteiger partial charge in [0.05, 0.1) is 7.11 Å². The van der Waals surface area contributed by atoms with Gasteiger partial charge in [0.25, 0.3) is 0 Å². The van der Waals surface area contributed by atoms with Crippen LogP contribution < -0.4 is 15.6 Å². The first-order chi connectivity index (χ1) is 6.99. The number of benzene rings is 1. The summed E-state index contributed by atoms with van der Waals surface area (Å²) in [5.41, 5.74) is 6.31. The molecule has 15 heavy (non-hydrogen) atoms. The number of ether oxygens (including phenoxy) is 1. The Bertz CT molecular complexity index is 339. The van der Waals surface area contributed by atoms with Gasteiger partial charge in [0, 0.05) is 0 Å². The van der Waals surface area contributed by atoms with Gasteiger partial charge in [-0.3, -0.25) is 9.11 Å². The lowest BCUT2D eigenvalue weighted by Gasteiger charge is -2.28. The average Bonchev–Trinajstić information content (AvgIpc) is 2.17. The van der Waals surface area contributed by atoms with Crippen molar-refractivity contribution in [1.29, 1.82) is 0 Å². The van der Waals surface area contributed by atoms with Gasteiger partial charge in [-0.15, -0.1) is 10.8 Å². The van der Waals surface area contributed by atoms with Gasteiger partial charge in [-0.2, -0.15) is 0 Å². The van der Waals surface area contributed by atoms with Crippen molar-refractivity contribution < 1.29 is 13.8 Å². The first kappa shape index (κ1) is 12.3. The Morgan fingerprint density at radius 3 is 2.53 bits per heavy atom. The molecule has 0 aliphatic carbocycles. The fourth-order valence-electron chi connectivity index (χ4n) is 1.28. The summed E-state index contributed by atoms with van der Waals surface area (Å²) in [5.74, 6) is 0.373. The summed E-state index contributed by atoms with van der Waals surface area (Å²) in [4.78, 5) is 0.218. The topological polar surface area (TPSA) is 102 Å². The van der Waals surface area contributed by atoms with Crippen LogP contribution in [0.2, 0.25) is 0 Å². The van der Waals surface area contributed by atoms with Crippen molar-refractivity contribution in [1.82, 2.24) is 0 Å². The molecule has 0 amide bonds. The molecule has 0 saturated heterocycles. The third-order valence-electron chi connectivity index (χ3n) is 1.98. The zero-order valence-corrected chi connectivity index (χ0v) is 9.33. The van der Waals surface area contributed by atoms with Crippen LogP contribution in [-0.4, -0.2) is 22.8 Å². The summed E-state index contributed by atoms with van der Waals surface area (Å²) < 4.78 is 23.8. The zero-order chi connectivity index (χ0) is 11.5. The molecule has 6 N–H and O–H groups in total. The summed E-state index contributed by atoms with van der Waals surface area (Å²) in [7, 11) is -1.80. The Morgan fingerprint density at radius 2 is 2.07 bits per heavy atom. The molecule has 6 heteroatoms. The van der Waals surface area contributed by atoms with E-state index >= 15 is 0 Å². The van der Waals surface area contributed by atoms with E-state index in [0.29, 0.717) is 18.7 Å². The highest BCUT2D eigenvalue weighted by atomic mass is 32.3. The highest BCUT2D eigenvalue weighted by molar-refractivity contribution is 8.22. The third-order valence-corrected chi connectivity index (χ3v) is 2.95. The number of hydrogen-bond donors (Lipinski definition) is 4. The molecule has 0 aliphatic heterocycles. The SMILES string of the molecule is COc1ccc(CCN)cc1S(N)(O)O. The van der Waals surface area contributed by atoms with E-state index in [1.54, 1.807) is 12.1 Å². The van der Waals surface area contributed by atoms with Gasteiger partial charge in [0.2, 0.25) is 0 Å². The molecule has 5 nitrogen and oxygen atoms in total. The monoisotopic (exact) mass is 232 g/mol. The normalized spacial score (nSPS) is 12.6. The molecule has 0 unspecified atom stereocenters. The number of rotatable bonds is 4. The van der Waals surface area contributed by atoms with Gasteiger partial charge < -0.3 is 10.5 Å². The van der Waals surface area contributed by atoms with Crippen LogP contribution in [0.4, 0.5) is 0 Å². The minimum Gasteiger partial charge on any atom is -0.495 e. The molecule has 0 aromatic heterocycles. The van der Waals surface area contributed by atoms with Gasteiger partial charge in [0.15, 0.2) is 0 Å². The maximum Gasteiger partial charge on any atom is 0.143 e. The summed E-state index contributed by atoms with van der Waals surface area (Å²) in [6.45, 7) is 0.496. The number of methoxy groups -OCH3 is 1. The summed E-state index contributed by atoms with van der Waals surface area (Å²) >= 11 is 0. The molecular formula is C9H16N2O3S. The lowest BCUT2D eigenvalue weighted by molar-refractivity contribution is 0.397. The largest absolute Gasteiger partial charge is 0.495 e. The van der Waals surface area contributed by atoms with E-state index in [4.69, 9.17) is 15.6 Å². The molecule has 0 radical (unpaired) electrons. The Hall–Kier alpha value is -0.790. The molecule has 1 rings (SSSR count). The fraction of sp³-hybridized carbons (Fsp3) is 0.333. The van der Waals surface area contributed by atoms with Crippen LogP contribution in [0, 0.1) is 0 Å². The van der Waals surface area contributed by atoms with Crippen molar-refractivity contribution in [2.75, 3.05) is 13.7 Å². The number of nitrogens with two attached hydrogens (primary N) is 2. The minimum absolute atomic E-state index is 0.218. The molecule has 0 bridgehead atoms. The molecule has 1 aromatic carbocycles. The van der Waals surface area contributed by atoms with E-state index in [-0.39, 0.29) is 4.90 Å². The Labute approximate surface area is 90.5 Å². The predicted molar refractivity (Wildman–Crippen MR) is 61.1 cm³/mol. The highest BCUT2D eigenvalue weighted by Gasteiger charge is 2.16. The maximum absolute atomic E-state index is 9.40. The quantitative estimate of drug-likeness (QED) is 0.624. The van der Waals surface area contributed by atoms with Crippen LogP contribution >= 0.6 is 10.8 Å². The fourth-order valence-corrected chi connectivity index (χ4v) is 2.05. The van der Waals surface area contributed by atoms with Crippen molar-refractivity contribution in [3.8, 4) is 5.75 Å². The first-order valence-electron chi connectivity index (χ1n) is 4.42. The van der Waals surface area contributed by atoms with Crippen molar-refractivity contribution in [2.24, 2.45) is 10.9 Å². The van der Waals surface area contributed by atoms with Crippen molar-refractivity contribution in [3.05, 3.63) is 23.8 Å². The van der Waals surface area contributed by atoms with Crippen LogP contribution in [0.5, 0.6) is 5.75 Å². The summed E-state index contributed by atoms with van der Waals surface area (Å²) in [6, 6.07) is 5.09. The molecule has 0 fully saturated rings. The maximum atomic E-state index is 9.40. The van der Waals surface area contributed by atoms with Crippen molar-refractivity contribution in [2.45, 2.75) is 11.3 Å². The molecular weight excluding hydrogens is 216 g/mol. The van der Waals surface area contributed by atoms with E-state index in [0.717, 1.165) is 5.56 Å². The lowest BCUT2D eigenvalue weighted by Crippen LogP contribution is -2.11. The molecule has 1 aromatic rings. The van der Waals surface area contributed by atoms with Crippen LogP contribution in [-0.2, 0) is 6.42 Å². The van der Waals surface area contributed by atoms with Crippen LogP contribution in [0.25, 0.3) is 0 Å².